The Morgan fingerprint density at radius 3 is 2.50 bits per heavy atom. The lowest BCUT2D eigenvalue weighted by atomic mass is 10.0. The molecule has 0 atom stereocenters. The maximum atomic E-state index is 11.4. The highest BCUT2D eigenvalue weighted by molar-refractivity contribution is 9.11. The average molecular weight is 397 g/mol. The first-order valence-electron chi connectivity index (χ1n) is 5.37. The fourth-order valence-corrected chi connectivity index (χ4v) is 2.68. The second-order valence-corrected chi connectivity index (χ2v) is 7.57. The van der Waals surface area contributed by atoms with Crippen molar-refractivity contribution < 1.29 is 8.42 Å². The van der Waals surface area contributed by atoms with Crippen LogP contribution in [0, 0.1) is 0 Å². The summed E-state index contributed by atoms with van der Waals surface area (Å²) in [6, 6.07) is 5.54. The number of benzene rings is 1. The van der Waals surface area contributed by atoms with Gasteiger partial charge in [-0.25, -0.2) is 8.42 Å². The fourth-order valence-electron chi connectivity index (χ4n) is 1.54. The van der Waals surface area contributed by atoms with Crippen molar-refractivity contribution in [2.45, 2.75) is 20.3 Å². The standard InChI is InChI=1S/C12H15Br2NO2S/c1-4-11(14)8(2)10-6-5-9(13)7-12(10)15-18(3,16)17/h5-7,15H,4H2,1-3H3/b11-8+. The Balaban J connectivity index is 3.37. The lowest BCUT2D eigenvalue weighted by molar-refractivity contribution is 0.607. The van der Waals surface area contributed by atoms with E-state index in [1.54, 1.807) is 6.07 Å². The van der Waals surface area contributed by atoms with Gasteiger partial charge in [0.1, 0.15) is 0 Å². The molecule has 3 nitrogen and oxygen atoms in total. The van der Waals surface area contributed by atoms with Crippen LogP contribution < -0.4 is 4.72 Å². The van der Waals surface area contributed by atoms with Crippen LogP contribution in [0.2, 0.25) is 0 Å². The normalized spacial score (nSPS) is 13.2. The Bertz CT molecular complexity index is 580. The highest BCUT2D eigenvalue weighted by Gasteiger charge is 2.11. The van der Waals surface area contributed by atoms with Crippen LogP contribution in [-0.2, 0) is 10.0 Å². The van der Waals surface area contributed by atoms with Gasteiger partial charge < -0.3 is 0 Å². The van der Waals surface area contributed by atoms with Gasteiger partial charge in [0, 0.05) is 10.0 Å². The number of hydrogen-bond donors (Lipinski definition) is 1. The van der Waals surface area contributed by atoms with E-state index in [0.29, 0.717) is 5.69 Å². The van der Waals surface area contributed by atoms with Gasteiger partial charge in [-0.15, -0.1) is 0 Å². The highest BCUT2D eigenvalue weighted by Crippen LogP contribution is 2.32. The van der Waals surface area contributed by atoms with Crippen molar-refractivity contribution in [2.24, 2.45) is 0 Å². The third kappa shape index (κ3) is 4.40. The molecular weight excluding hydrogens is 382 g/mol. The lowest BCUT2D eigenvalue weighted by Crippen LogP contribution is -2.11. The topological polar surface area (TPSA) is 46.2 Å². The molecule has 18 heavy (non-hydrogen) atoms. The largest absolute Gasteiger partial charge is 0.283 e. The van der Waals surface area contributed by atoms with Crippen molar-refractivity contribution in [3.05, 3.63) is 32.7 Å². The number of sulfonamides is 1. The van der Waals surface area contributed by atoms with Gasteiger partial charge >= 0.3 is 0 Å². The highest BCUT2D eigenvalue weighted by atomic mass is 79.9. The molecule has 1 N–H and O–H groups in total. The van der Waals surface area contributed by atoms with Gasteiger partial charge in [-0.05, 0) is 35.5 Å². The van der Waals surface area contributed by atoms with Crippen LogP contribution in [0.1, 0.15) is 25.8 Å². The van der Waals surface area contributed by atoms with Crippen molar-refractivity contribution >= 4 is 53.1 Å². The minimum absolute atomic E-state index is 0.578. The molecule has 0 heterocycles. The van der Waals surface area contributed by atoms with Crippen LogP contribution in [0.4, 0.5) is 5.69 Å². The maximum absolute atomic E-state index is 11.4. The minimum Gasteiger partial charge on any atom is -0.283 e. The zero-order valence-corrected chi connectivity index (χ0v) is 14.4. The predicted octanol–water partition coefficient (Wildman–Crippen LogP) is 4.36. The third-order valence-corrected chi connectivity index (χ3v) is 4.64. The van der Waals surface area contributed by atoms with E-state index in [-0.39, 0.29) is 0 Å². The first-order chi connectivity index (χ1) is 8.24. The van der Waals surface area contributed by atoms with Gasteiger partial charge in [0.25, 0.3) is 0 Å². The summed E-state index contributed by atoms with van der Waals surface area (Å²) in [6.07, 6.45) is 2.01. The van der Waals surface area contributed by atoms with E-state index in [2.05, 4.69) is 36.6 Å². The van der Waals surface area contributed by atoms with Crippen molar-refractivity contribution in [3.8, 4) is 0 Å². The van der Waals surface area contributed by atoms with E-state index < -0.39 is 10.0 Å². The van der Waals surface area contributed by atoms with Gasteiger partial charge in [-0.2, -0.15) is 0 Å². The zero-order valence-electron chi connectivity index (χ0n) is 10.4. The summed E-state index contributed by atoms with van der Waals surface area (Å²) < 4.78 is 27.2. The zero-order chi connectivity index (χ0) is 13.9. The Hall–Kier alpha value is -0.330. The first kappa shape index (κ1) is 15.7. The molecule has 0 saturated heterocycles. The quantitative estimate of drug-likeness (QED) is 0.821. The summed E-state index contributed by atoms with van der Waals surface area (Å²) in [5.41, 5.74) is 2.48. The molecule has 0 amide bonds. The monoisotopic (exact) mass is 395 g/mol. The molecule has 1 aromatic carbocycles. The molecule has 0 unspecified atom stereocenters. The SMILES string of the molecule is CC/C(Br)=C(/C)c1ccc(Br)cc1NS(C)(=O)=O. The van der Waals surface area contributed by atoms with Crippen molar-refractivity contribution in [2.75, 3.05) is 11.0 Å². The van der Waals surface area contributed by atoms with Gasteiger partial charge in [-0.1, -0.05) is 44.8 Å². The first-order valence-corrected chi connectivity index (χ1v) is 8.85. The summed E-state index contributed by atoms with van der Waals surface area (Å²) >= 11 is 6.85. The Kier molecular flexibility index (Phi) is 5.43. The van der Waals surface area contributed by atoms with Crippen LogP contribution in [-0.4, -0.2) is 14.7 Å². The van der Waals surface area contributed by atoms with Gasteiger partial charge in [-0.3, -0.25) is 4.72 Å². The average Bonchev–Trinajstić information content (AvgIpc) is 2.25. The Morgan fingerprint density at radius 1 is 1.39 bits per heavy atom. The van der Waals surface area contributed by atoms with Crippen LogP contribution in [0.15, 0.2) is 27.2 Å². The van der Waals surface area contributed by atoms with Crippen LogP contribution in [0.3, 0.4) is 0 Å². The molecule has 0 radical (unpaired) electrons. The van der Waals surface area contributed by atoms with E-state index in [1.165, 1.54) is 0 Å². The maximum Gasteiger partial charge on any atom is 0.229 e. The number of anilines is 1. The van der Waals surface area contributed by atoms with Gasteiger partial charge in [0.15, 0.2) is 0 Å². The van der Waals surface area contributed by atoms with Gasteiger partial charge in [0.05, 0.1) is 11.9 Å². The molecule has 0 bridgehead atoms. The van der Waals surface area contributed by atoms with Crippen molar-refractivity contribution in [1.82, 2.24) is 0 Å². The lowest BCUT2D eigenvalue weighted by Gasteiger charge is -2.13. The smallest absolute Gasteiger partial charge is 0.229 e. The molecule has 1 rings (SSSR count). The van der Waals surface area contributed by atoms with E-state index in [4.69, 9.17) is 0 Å². The van der Waals surface area contributed by atoms with Crippen LogP contribution in [0.5, 0.6) is 0 Å². The number of allylic oxidation sites excluding steroid dienone is 2. The van der Waals surface area contributed by atoms with Crippen molar-refractivity contribution in [1.29, 1.82) is 0 Å². The Morgan fingerprint density at radius 2 is 2.00 bits per heavy atom. The molecule has 0 spiro atoms. The molecule has 6 heteroatoms. The number of halogens is 2. The minimum atomic E-state index is -3.29. The molecule has 0 aliphatic heterocycles. The summed E-state index contributed by atoms with van der Waals surface area (Å²) in [5, 5.41) is 0. The fraction of sp³-hybridized carbons (Fsp3) is 0.333. The second-order valence-electron chi connectivity index (χ2n) is 3.95. The summed E-state index contributed by atoms with van der Waals surface area (Å²) in [4.78, 5) is 0. The molecular formula is C12H15Br2NO2S. The van der Waals surface area contributed by atoms with E-state index >= 15 is 0 Å². The Labute approximate surface area is 125 Å². The third-order valence-electron chi connectivity index (χ3n) is 2.40. The van der Waals surface area contributed by atoms with Crippen LogP contribution >= 0.6 is 31.9 Å². The molecule has 0 aromatic heterocycles. The van der Waals surface area contributed by atoms with Crippen molar-refractivity contribution in [3.63, 3.8) is 0 Å². The van der Waals surface area contributed by atoms with E-state index in [9.17, 15) is 8.42 Å². The molecule has 100 valence electrons. The van der Waals surface area contributed by atoms with Crippen LogP contribution in [0.25, 0.3) is 5.57 Å². The number of rotatable bonds is 4. The van der Waals surface area contributed by atoms with Gasteiger partial charge in [0.2, 0.25) is 10.0 Å². The molecule has 0 saturated carbocycles. The van der Waals surface area contributed by atoms with E-state index in [0.717, 1.165) is 32.8 Å². The summed E-state index contributed by atoms with van der Waals surface area (Å²) in [6.45, 7) is 4.00. The molecule has 1 aromatic rings. The number of hydrogen-bond acceptors (Lipinski definition) is 2. The molecule has 0 fully saturated rings. The predicted molar refractivity (Wildman–Crippen MR) is 84.4 cm³/mol. The molecule has 0 aliphatic rings. The summed E-state index contributed by atoms with van der Waals surface area (Å²) in [5.74, 6) is 0. The number of nitrogens with one attached hydrogen (secondary N) is 1. The molecule has 0 aliphatic carbocycles. The second kappa shape index (κ2) is 6.21. The summed E-state index contributed by atoms with van der Waals surface area (Å²) in [7, 11) is -3.29. The van der Waals surface area contributed by atoms with E-state index in [1.807, 2.05) is 26.0 Å².